The van der Waals surface area contributed by atoms with Gasteiger partial charge in [-0.05, 0) is 31.5 Å². The number of nitrogens with two attached hydrogens (primary N) is 1. The molecule has 0 spiro atoms. The number of carbonyl (C=O) groups excluding carboxylic acids is 1. The van der Waals surface area contributed by atoms with Crippen molar-refractivity contribution in [2.75, 3.05) is 97.7 Å². The van der Waals surface area contributed by atoms with Gasteiger partial charge in [-0.1, -0.05) is 24.8 Å². The van der Waals surface area contributed by atoms with Crippen molar-refractivity contribution in [2.24, 2.45) is 10.7 Å². The largest absolute Gasteiger partial charge is 0.383 e. The molecule has 1 aromatic rings. The van der Waals surface area contributed by atoms with Crippen LogP contribution in [0.5, 0.6) is 0 Å². The van der Waals surface area contributed by atoms with Crippen molar-refractivity contribution in [2.45, 2.75) is 32.1 Å². The van der Waals surface area contributed by atoms with Gasteiger partial charge in [-0.15, -0.1) is 0 Å². The molecule has 1 amide bonds. The summed E-state index contributed by atoms with van der Waals surface area (Å²) in [5.41, 5.74) is 7.75. The van der Waals surface area contributed by atoms with Gasteiger partial charge in [0.25, 0.3) is 5.91 Å². The molecule has 2 atom stereocenters. The summed E-state index contributed by atoms with van der Waals surface area (Å²) in [6, 6.07) is 5.97. The number of amidine groups is 1. The third-order valence-corrected chi connectivity index (χ3v) is 6.89. The molecule has 11 nitrogen and oxygen atoms in total. The SMILES string of the molecule is Cc1ccc(NCCOCCOCCOCCOCCOCCOCCN)cc1C(=O)NC1=NC(C)C(C)S1. The Kier molecular flexibility index (Phi) is 18.0. The van der Waals surface area contributed by atoms with Crippen molar-refractivity contribution >= 4 is 28.5 Å². The van der Waals surface area contributed by atoms with E-state index in [4.69, 9.17) is 34.2 Å². The molecule has 0 radical (unpaired) electrons. The summed E-state index contributed by atoms with van der Waals surface area (Å²) in [4.78, 5) is 17.3. The summed E-state index contributed by atoms with van der Waals surface area (Å²) in [6.45, 7) is 13.5. The van der Waals surface area contributed by atoms with E-state index in [1.54, 1.807) is 11.8 Å². The molecule has 4 N–H and O–H groups in total. The fourth-order valence-corrected chi connectivity index (χ4v) is 4.34. The molecule has 0 saturated heterocycles. The van der Waals surface area contributed by atoms with Gasteiger partial charge in [-0.25, -0.2) is 0 Å². The number of carbonyl (C=O) groups is 1. The van der Waals surface area contributed by atoms with Crippen molar-refractivity contribution in [3.05, 3.63) is 29.3 Å². The fourth-order valence-electron chi connectivity index (χ4n) is 3.35. The lowest BCUT2D eigenvalue weighted by atomic mass is 10.1. The molecule has 2 unspecified atom stereocenters. The first kappa shape index (κ1) is 33.4. The van der Waals surface area contributed by atoms with Crippen LogP contribution in [0.25, 0.3) is 0 Å². The number of rotatable bonds is 22. The van der Waals surface area contributed by atoms with Crippen molar-refractivity contribution in [1.29, 1.82) is 0 Å². The topological polar surface area (TPSA) is 135 Å². The number of hydrogen-bond donors (Lipinski definition) is 3. The summed E-state index contributed by atoms with van der Waals surface area (Å²) in [6.07, 6.45) is 0. The monoisotopic (exact) mass is 570 g/mol. The van der Waals surface area contributed by atoms with Gasteiger partial charge >= 0.3 is 0 Å². The summed E-state index contributed by atoms with van der Waals surface area (Å²) in [5.74, 6) is -0.139. The number of ether oxygens (including phenoxy) is 6. The van der Waals surface area contributed by atoms with Gasteiger partial charge in [-0.2, -0.15) is 0 Å². The first-order valence-electron chi connectivity index (χ1n) is 13.6. The molecular formula is C27H46N4O7S. The van der Waals surface area contributed by atoms with Crippen LogP contribution in [0.3, 0.4) is 0 Å². The Morgan fingerprint density at radius 2 is 1.36 bits per heavy atom. The molecule has 0 fully saturated rings. The summed E-state index contributed by atoms with van der Waals surface area (Å²) >= 11 is 1.60. The summed E-state index contributed by atoms with van der Waals surface area (Å²) in [7, 11) is 0. The highest BCUT2D eigenvalue weighted by molar-refractivity contribution is 8.14. The molecule has 0 aromatic heterocycles. The van der Waals surface area contributed by atoms with E-state index in [1.807, 2.05) is 25.1 Å². The van der Waals surface area contributed by atoms with Crippen LogP contribution >= 0.6 is 11.8 Å². The maximum absolute atomic E-state index is 12.7. The molecule has 39 heavy (non-hydrogen) atoms. The quantitative estimate of drug-likeness (QED) is 0.178. The lowest BCUT2D eigenvalue weighted by molar-refractivity contribution is -0.0159. The van der Waals surface area contributed by atoms with Crippen LogP contribution in [0.15, 0.2) is 23.2 Å². The normalized spacial score (nSPS) is 16.9. The van der Waals surface area contributed by atoms with Crippen LogP contribution in [-0.2, 0) is 28.4 Å². The van der Waals surface area contributed by atoms with Gasteiger partial charge in [0.15, 0.2) is 5.17 Å². The van der Waals surface area contributed by atoms with Crippen LogP contribution in [0.4, 0.5) is 5.69 Å². The second-order valence-corrected chi connectivity index (χ2v) is 10.2. The van der Waals surface area contributed by atoms with Gasteiger partial charge in [0.2, 0.25) is 0 Å². The average Bonchev–Trinajstić information content (AvgIpc) is 3.24. The van der Waals surface area contributed by atoms with Gasteiger partial charge in [0.05, 0.1) is 85.3 Å². The number of thioether (sulfide) groups is 1. The van der Waals surface area contributed by atoms with E-state index in [9.17, 15) is 4.79 Å². The Morgan fingerprint density at radius 3 is 1.85 bits per heavy atom. The van der Waals surface area contributed by atoms with Crippen molar-refractivity contribution in [3.63, 3.8) is 0 Å². The molecule has 1 aromatic carbocycles. The zero-order valence-electron chi connectivity index (χ0n) is 23.6. The van der Waals surface area contributed by atoms with E-state index in [2.05, 4.69) is 29.5 Å². The zero-order chi connectivity index (χ0) is 28.1. The highest BCUT2D eigenvalue weighted by Gasteiger charge is 2.24. The highest BCUT2D eigenvalue weighted by Crippen LogP contribution is 2.25. The van der Waals surface area contributed by atoms with Gasteiger partial charge in [0.1, 0.15) is 0 Å². The molecular weight excluding hydrogens is 524 g/mol. The second-order valence-electron chi connectivity index (χ2n) is 8.87. The van der Waals surface area contributed by atoms with Crippen LogP contribution in [-0.4, -0.2) is 115 Å². The third-order valence-electron chi connectivity index (χ3n) is 5.70. The molecule has 12 heteroatoms. The van der Waals surface area contributed by atoms with E-state index in [1.165, 1.54) is 0 Å². The summed E-state index contributed by atoms with van der Waals surface area (Å²) < 4.78 is 32.6. The van der Waals surface area contributed by atoms with E-state index in [0.717, 1.165) is 11.3 Å². The number of aryl methyl sites for hydroxylation is 1. The van der Waals surface area contributed by atoms with Gasteiger partial charge in [-0.3, -0.25) is 9.79 Å². The molecule has 2 rings (SSSR count). The number of nitrogens with one attached hydrogen (secondary N) is 2. The molecule has 1 aliphatic rings. The minimum Gasteiger partial charge on any atom is -0.383 e. The number of aliphatic imine (C=N–C) groups is 1. The Bertz CT molecular complexity index is 846. The number of nitrogens with zero attached hydrogens (tertiary/aromatic N) is 1. The van der Waals surface area contributed by atoms with Crippen molar-refractivity contribution in [1.82, 2.24) is 5.32 Å². The van der Waals surface area contributed by atoms with E-state index in [-0.39, 0.29) is 11.9 Å². The molecule has 1 heterocycles. The fraction of sp³-hybridized carbons (Fsp3) is 0.704. The number of benzene rings is 1. The molecule has 222 valence electrons. The standard InChI is InChI=1S/C27H46N4O7S/c1-21-4-5-24(20-25(21)26(32)31-27-30-22(2)23(3)39-27)29-7-9-34-11-13-36-15-17-38-19-18-37-16-14-35-12-10-33-8-6-28/h4-5,20,22-23,29H,6-19,28H2,1-3H3,(H,30,31,32). The van der Waals surface area contributed by atoms with Crippen LogP contribution in [0.1, 0.15) is 29.8 Å². The van der Waals surface area contributed by atoms with Crippen molar-refractivity contribution in [3.8, 4) is 0 Å². The van der Waals surface area contributed by atoms with E-state index >= 15 is 0 Å². The molecule has 0 saturated carbocycles. The zero-order valence-corrected chi connectivity index (χ0v) is 24.4. The highest BCUT2D eigenvalue weighted by atomic mass is 32.2. The van der Waals surface area contributed by atoms with Crippen LogP contribution < -0.4 is 16.4 Å². The van der Waals surface area contributed by atoms with Gasteiger partial charge in [0, 0.05) is 29.6 Å². The maximum atomic E-state index is 12.7. The Balaban J connectivity index is 1.41. The Labute approximate surface area is 236 Å². The molecule has 0 bridgehead atoms. The minimum absolute atomic E-state index is 0.139. The Morgan fingerprint density at radius 1 is 0.846 bits per heavy atom. The van der Waals surface area contributed by atoms with Crippen LogP contribution in [0.2, 0.25) is 0 Å². The number of amides is 1. The minimum atomic E-state index is -0.139. The van der Waals surface area contributed by atoms with Crippen molar-refractivity contribution < 1.29 is 33.2 Å². The van der Waals surface area contributed by atoms with Crippen LogP contribution in [0, 0.1) is 6.92 Å². The first-order valence-corrected chi connectivity index (χ1v) is 14.5. The molecule has 0 aliphatic carbocycles. The predicted octanol–water partition coefficient (Wildman–Crippen LogP) is 2.07. The first-order chi connectivity index (χ1) is 19.0. The lowest BCUT2D eigenvalue weighted by Crippen LogP contribution is -2.28. The smallest absolute Gasteiger partial charge is 0.257 e. The third kappa shape index (κ3) is 15.0. The Hall–Kier alpha value is -1.77. The van der Waals surface area contributed by atoms with E-state index in [0.29, 0.717) is 108 Å². The number of hydrogen-bond acceptors (Lipinski definition) is 11. The number of anilines is 1. The maximum Gasteiger partial charge on any atom is 0.257 e. The average molecular weight is 571 g/mol. The second kappa shape index (κ2) is 21.0. The van der Waals surface area contributed by atoms with Gasteiger partial charge < -0.3 is 44.8 Å². The summed E-state index contributed by atoms with van der Waals surface area (Å²) in [5, 5.41) is 7.29. The molecule has 1 aliphatic heterocycles. The van der Waals surface area contributed by atoms with E-state index < -0.39 is 0 Å². The lowest BCUT2D eigenvalue weighted by Gasteiger charge is -2.12. The predicted molar refractivity (Wildman–Crippen MR) is 155 cm³/mol.